The fourth-order valence-corrected chi connectivity index (χ4v) is 3.22. The van der Waals surface area contributed by atoms with E-state index in [2.05, 4.69) is 9.47 Å². The molecule has 9 heteroatoms. The van der Waals surface area contributed by atoms with Gasteiger partial charge in [0.25, 0.3) is 0 Å². The summed E-state index contributed by atoms with van der Waals surface area (Å²) in [5.74, 6) is -2.54. The summed E-state index contributed by atoms with van der Waals surface area (Å²) >= 11 is 0.832. The third-order valence-electron chi connectivity index (χ3n) is 3.52. The van der Waals surface area contributed by atoms with Crippen LogP contribution in [0.3, 0.4) is 0 Å². The molecule has 0 aliphatic carbocycles. The molecule has 0 saturated carbocycles. The van der Waals surface area contributed by atoms with Crippen LogP contribution in [0.4, 0.5) is 5.00 Å². The zero-order valence-corrected chi connectivity index (χ0v) is 15.1. The Bertz CT molecular complexity index is 872. The number of benzene rings is 1. The van der Waals surface area contributed by atoms with Crippen LogP contribution in [0.15, 0.2) is 18.2 Å². The summed E-state index contributed by atoms with van der Waals surface area (Å²) in [4.78, 5) is 36.1. The molecule has 0 radical (unpaired) electrons. The molecule has 26 heavy (non-hydrogen) atoms. The summed E-state index contributed by atoms with van der Waals surface area (Å²) in [6.07, 6.45) is 0. The molecule has 138 valence electrons. The second-order valence-corrected chi connectivity index (χ2v) is 6.28. The Morgan fingerprint density at radius 1 is 1.12 bits per heavy atom. The number of methoxy groups -OCH3 is 2. The molecule has 2 rings (SSSR count). The van der Waals surface area contributed by atoms with E-state index in [1.165, 1.54) is 19.2 Å². The topological polar surface area (TPSA) is 125 Å². The number of aryl methyl sites for hydroxylation is 1. The van der Waals surface area contributed by atoms with Gasteiger partial charge in [0, 0.05) is 5.56 Å². The number of phenols is 1. The number of nitrogens with two attached hydrogens (primary N) is 1. The number of rotatable bonds is 5. The molecule has 1 heterocycles. The van der Waals surface area contributed by atoms with Crippen molar-refractivity contribution in [2.75, 3.05) is 20.0 Å². The van der Waals surface area contributed by atoms with Crippen molar-refractivity contribution in [1.29, 1.82) is 0 Å². The molecule has 0 spiro atoms. The van der Waals surface area contributed by atoms with Gasteiger partial charge >= 0.3 is 17.9 Å². The van der Waals surface area contributed by atoms with Crippen molar-refractivity contribution in [3.63, 3.8) is 0 Å². The maximum atomic E-state index is 12.2. The van der Waals surface area contributed by atoms with Crippen molar-refractivity contribution in [3.8, 4) is 5.75 Å². The summed E-state index contributed by atoms with van der Waals surface area (Å²) in [6.45, 7) is 1.34. The molecule has 0 aliphatic rings. The monoisotopic (exact) mass is 379 g/mol. The molecule has 8 nitrogen and oxygen atoms in total. The van der Waals surface area contributed by atoms with Crippen LogP contribution in [0.2, 0.25) is 0 Å². The van der Waals surface area contributed by atoms with Crippen molar-refractivity contribution in [2.24, 2.45) is 0 Å². The van der Waals surface area contributed by atoms with Gasteiger partial charge < -0.3 is 25.1 Å². The first kappa shape index (κ1) is 19.3. The van der Waals surface area contributed by atoms with E-state index < -0.39 is 24.5 Å². The van der Waals surface area contributed by atoms with Gasteiger partial charge in [-0.3, -0.25) is 0 Å². The largest absolute Gasteiger partial charge is 0.507 e. The quantitative estimate of drug-likeness (QED) is 0.599. The molecule has 0 atom stereocenters. The van der Waals surface area contributed by atoms with Crippen molar-refractivity contribution in [2.45, 2.75) is 13.5 Å². The van der Waals surface area contributed by atoms with Crippen LogP contribution in [0, 0.1) is 6.92 Å². The molecular formula is C17H17NO7S. The molecule has 0 saturated heterocycles. The first-order valence-electron chi connectivity index (χ1n) is 7.34. The number of ether oxygens (including phenoxy) is 3. The van der Waals surface area contributed by atoms with Crippen LogP contribution in [-0.2, 0) is 20.8 Å². The molecule has 3 N–H and O–H groups in total. The van der Waals surface area contributed by atoms with E-state index in [9.17, 15) is 19.5 Å². The maximum absolute atomic E-state index is 12.2. The molecule has 0 fully saturated rings. The summed E-state index contributed by atoms with van der Waals surface area (Å²) in [7, 11) is 2.34. The zero-order valence-electron chi connectivity index (χ0n) is 14.3. The Kier molecular flexibility index (Phi) is 5.83. The minimum atomic E-state index is -0.820. The fourth-order valence-electron chi connectivity index (χ4n) is 2.24. The number of phenolic OH excluding ortho intramolecular Hbond substituents is 1. The average molecular weight is 379 g/mol. The Balaban J connectivity index is 2.34. The Morgan fingerprint density at radius 3 is 2.35 bits per heavy atom. The number of hydrogen-bond donors (Lipinski definition) is 2. The highest BCUT2D eigenvalue weighted by molar-refractivity contribution is 7.18. The normalized spacial score (nSPS) is 10.3. The van der Waals surface area contributed by atoms with E-state index in [0.717, 1.165) is 24.0 Å². The van der Waals surface area contributed by atoms with Crippen molar-refractivity contribution >= 4 is 34.2 Å². The number of nitrogen functional groups attached to an aromatic ring is 1. The van der Waals surface area contributed by atoms with E-state index in [1.54, 1.807) is 13.0 Å². The summed E-state index contributed by atoms with van der Waals surface area (Å²) in [6, 6.07) is 4.47. The van der Waals surface area contributed by atoms with Gasteiger partial charge in [0.15, 0.2) is 0 Å². The van der Waals surface area contributed by atoms with Crippen molar-refractivity contribution < 1.29 is 33.7 Å². The predicted octanol–water partition coefficient (Wildman–Crippen LogP) is 2.27. The standard InChI is InChI=1S/C17H17NO7S/c1-8-4-5-9(11(19)6-8)15(20)25-7-10-12(16(21)23-2)14(18)26-13(10)17(22)24-3/h4-6,19H,7,18H2,1-3H3. The van der Waals surface area contributed by atoms with Crippen LogP contribution >= 0.6 is 11.3 Å². The van der Waals surface area contributed by atoms with Gasteiger partial charge in [-0.2, -0.15) is 0 Å². The molecule has 0 bridgehead atoms. The van der Waals surface area contributed by atoms with Crippen LogP contribution < -0.4 is 5.73 Å². The number of aromatic hydroxyl groups is 1. The van der Waals surface area contributed by atoms with Gasteiger partial charge in [-0.05, 0) is 24.6 Å². The van der Waals surface area contributed by atoms with Gasteiger partial charge in [-0.1, -0.05) is 6.07 Å². The predicted molar refractivity (Wildman–Crippen MR) is 93.4 cm³/mol. The highest BCUT2D eigenvalue weighted by atomic mass is 32.1. The number of hydrogen-bond acceptors (Lipinski definition) is 9. The average Bonchev–Trinajstić information content (AvgIpc) is 2.94. The number of thiophene rings is 1. The Labute approximate surface area is 153 Å². The molecule has 0 amide bonds. The van der Waals surface area contributed by atoms with Gasteiger partial charge in [0.05, 0.1) is 14.2 Å². The third kappa shape index (κ3) is 3.77. The molecule has 0 aliphatic heterocycles. The van der Waals surface area contributed by atoms with Crippen LogP contribution in [0.25, 0.3) is 0 Å². The van der Waals surface area contributed by atoms with E-state index in [1.807, 2.05) is 0 Å². The lowest BCUT2D eigenvalue weighted by molar-refractivity contribution is 0.0449. The van der Waals surface area contributed by atoms with Gasteiger partial charge in [-0.15, -0.1) is 11.3 Å². The zero-order chi connectivity index (χ0) is 19.4. The number of carbonyl (C=O) groups is 3. The summed E-state index contributed by atoms with van der Waals surface area (Å²) in [5, 5.41) is 9.90. The molecule has 0 unspecified atom stereocenters. The Hall–Kier alpha value is -3.07. The highest BCUT2D eigenvalue weighted by Gasteiger charge is 2.28. The summed E-state index contributed by atoms with van der Waals surface area (Å²) in [5.41, 5.74) is 6.56. The second kappa shape index (κ2) is 7.87. The molecule has 1 aromatic heterocycles. The first-order valence-corrected chi connectivity index (χ1v) is 8.16. The third-order valence-corrected chi connectivity index (χ3v) is 4.56. The molecule has 1 aromatic carbocycles. The van der Waals surface area contributed by atoms with Crippen molar-refractivity contribution in [3.05, 3.63) is 45.3 Å². The lowest BCUT2D eigenvalue weighted by Crippen LogP contribution is -2.13. The minimum absolute atomic E-state index is 0.0336. The first-order chi connectivity index (χ1) is 12.3. The SMILES string of the molecule is COC(=O)c1sc(N)c(C(=O)OC)c1COC(=O)c1ccc(C)cc1O. The lowest BCUT2D eigenvalue weighted by atomic mass is 10.1. The smallest absolute Gasteiger partial charge is 0.348 e. The number of anilines is 1. The number of carbonyl (C=O) groups excluding carboxylic acids is 3. The van der Waals surface area contributed by atoms with Gasteiger partial charge in [-0.25, -0.2) is 14.4 Å². The fraction of sp³-hybridized carbons (Fsp3) is 0.235. The number of esters is 3. The van der Waals surface area contributed by atoms with E-state index in [4.69, 9.17) is 10.5 Å². The van der Waals surface area contributed by atoms with Crippen LogP contribution in [0.5, 0.6) is 5.75 Å². The molecular weight excluding hydrogens is 362 g/mol. The van der Waals surface area contributed by atoms with E-state index in [0.29, 0.717) is 0 Å². The van der Waals surface area contributed by atoms with E-state index >= 15 is 0 Å². The van der Waals surface area contributed by atoms with E-state index in [-0.39, 0.29) is 32.3 Å². The van der Waals surface area contributed by atoms with Crippen LogP contribution in [0.1, 0.15) is 41.5 Å². The second-order valence-electron chi connectivity index (χ2n) is 5.23. The summed E-state index contributed by atoms with van der Waals surface area (Å²) < 4.78 is 14.5. The van der Waals surface area contributed by atoms with Crippen molar-refractivity contribution in [1.82, 2.24) is 0 Å². The lowest BCUT2D eigenvalue weighted by Gasteiger charge is -2.09. The van der Waals surface area contributed by atoms with Gasteiger partial charge in [0.2, 0.25) is 0 Å². The highest BCUT2D eigenvalue weighted by Crippen LogP contribution is 2.33. The van der Waals surface area contributed by atoms with Crippen LogP contribution in [-0.4, -0.2) is 37.2 Å². The molecule has 2 aromatic rings. The maximum Gasteiger partial charge on any atom is 0.348 e. The minimum Gasteiger partial charge on any atom is -0.507 e. The van der Waals surface area contributed by atoms with Gasteiger partial charge in [0.1, 0.15) is 33.4 Å². The Morgan fingerprint density at radius 2 is 1.77 bits per heavy atom.